The van der Waals surface area contributed by atoms with Crippen LogP contribution in [0.1, 0.15) is 35.0 Å². The van der Waals surface area contributed by atoms with E-state index in [9.17, 15) is 9.18 Å². The summed E-state index contributed by atoms with van der Waals surface area (Å²) in [7, 11) is 0. The Hall–Kier alpha value is -1.48. The van der Waals surface area contributed by atoms with Gasteiger partial charge < -0.3 is 0 Å². The number of thiophene rings is 1. The van der Waals surface area contributed by atoms with Gasteiger partial charge in [-0.3, -0.25) is 4.79 Å². The Morgan fingerprint density at radius 2 is 2.06 bits per heavy atom. The largest absolute Gasteiger partial charge is 0.293 e. The van der Waals surface area contributed by atoms with Crippen molar-refractivity contribution < 1.29 is 9.18 Å². The first-order valence-electron chi connectivity index (χ1n) is 6.01. The maximum absolute atomic E-state index is 13.3. The Bertz CT molecular complexity index is 572. The summed E-state index contributed by atoms with van der Waals surface area (Å²) in [5.41, 5.74) is 1.89. The van der Waals surface area contributed by atoms with Gasteiger partial charge in [0, 0.05) is 11.3 Å². The number of aryl methyl sites for hydroxylation is 1. The molecule has 1 nitrogen and oxygen atoms in total. The van der Waals surface area contributed by atoms with Crippen LogP contribution >= 0.6 is 11.3 Å². The van der Waals surface area contributed by atoms with Crippen molar-refractivity contribution in [1.29, 1.82) is 0 Å². The first-order valence-corrected chi connectivity index (χ1v) is 6.83. The Balaban J connectivity index is 2.35. The third-order valence-electron chi connectivity index (χ3n) is 2.82. The Morgan fingerprint density at radius 3 is 2.78 bits per heavy atom. The third-order valence-corrected chi connectivity index (χ3v) is 3.98. The highest BCUT2D eigenvalue weighted by atomic mass is 32.1. The highest BCUT2D eigenvalue weighted by Crippen LogP contribution is 2.31. The molecule has 0 N–H and O–H groups in total. The minimum atomic E-state index is -0.245. The molecule has 2 aromatic rings. The number of halogens is 1. The van der Waals surface area contributed by atoms with Gasteiger partial charge in [0.25, 0.3) is 0 Å². The molecule has 2 rings (SSSR count). The van der Waals surface area contributed by atoms with Crippen LogP contribution in [0.5, 0.6) is 0 Å². The summed E-state index contributed by atoms with van der Waals surface area (Å²) >= 11 is 1.44. The van der Waals surface area contributed by atoms with Gasteiger partial charge >= 0.3 is 0 Å². The Morgan fingerprint density at radius 1 is 1.28 bits per heavy atom. The molecule has 0 amide bonds. The molecule has 0 aliphatic rings. The Kier molecular flexibility index (Phi) is 3.92. The topological polar surface area (TPSA) is 17.1 Å². The third kappa shape index (κ3) is 2.67. The first-order chi connectivity index (χ1) is 8.61. The lowest BCUT2D eigenvalue weighted by atomic mass is 10.1. The van der Waals surface area contributed by atoms with E-state index in [4.69, 9.17) is 0 Å². The number of hydrogen-bond donors (Lipinski definition) is 0. The van der Waals surface area contributed by atoms with E-state index in [1.165, 1.54) is 23.5 Å². The average Bonchev–Trinajstić information content (AvgIpc) is 2.82. The molecule has 18 heavy (non-hydrogen) atoms. The molecule has 0 saturated carbocycles. The zero-order valence-electron chi connectivity index (χ0n) is 10.5. The van der Waals surface area contributed by atoms with E-state index < -0.39 is 0 Å². The van der Waals surface area contributed by atoms with Crippen molar-refractivity contribution in [2.45, 2.75) is 26.7 Å². The number of ketones is 1. The molecule has 94 valence electrons. The number of rotatable bonds is 4. The molecule has 1 aromatic heterocycles. The predicted molar refractivity (Wildman–Crippen MR) is 73.7 cm³/mol. The van der Waals surface area contributed by atoms with E-state index in [2.05, 4.69) is 0 Å². The van der Waals surface area contributed by atoms with Crippen LogP contribution in [0.2, 0.25) is 0 Å². The fourth-order valence-electron chi connectivity index (χ4n) is 1.84. The molecule has 1 aromatic carbocycles. The van der Waals surface area contributed by atoms with Gasteiger partial charge in [-0.05, 0) is 48.7 Å². The summed E-state index contributed by atoms with van der Waals surface area (Å²) in [6, 6.07) is 8.47. The molecule has 0 saturated heterocycles. The van der Waals surface area contributed by atoms with Crippen LogP contribution in [-0.2, 0) is 0 Å². The number of benzene rings is 1. The Labute approximate surface area is 110 Å². The fraction of sp³-hybridized carbons (Fsp3) is 0.267. The molecule has 0 radical (unpaired) electrons. The van der Waals surface area contributed by atoms with Crippen molar-refractivity contribution in [3.8, 4) is 10.4 Å². The van der Waals surface area contributed by atoms with Gasteiger partial charge in [-0.25, -0.2) is 4.39 Å². The lowest BCUT2D eigenvalue weighted by Gasteiger charge is -2.02. The van der Waals surface area contributed by atoms with E-state index in [1.807, 2.05) is 26.0 Å². The SMILES string of the molecule is CCCC(=O)c1ccc(-c2cc(F)ccc2C)s1. The van der Waals surface area contributed by atoms with E-state index in [1.54, 1.807) is 6.07 Å². The highest BCUT2D eigenvalue weighted by Gasteiger charge is 2.11. The van der Waals surface area contributed by atoms with Gasteiger partial charge in [0.15, 0.2) is 5.78 Å². The normalized spacial score (nSPS) is 10.6. The fourth-order valence-corrected chi connectivity index (χ4v) is 2.90. The van der Waals surface area contributed by atoms with Crippen LogP contribution in [-0.4, -0.2) is 5.78 Å². The number of Topliss-reactive ketones (excluding diaryl/α,β-unsaturated/α-hetero) is 1. The quantitative estimate of drug-likeness (QED) is 0.720. The van der Waals surface area contributed by atoms with Crippen molar-refractivity contribution >= 4 is 17.1 Å². The monoisotopic (exact) mass is 262 g/mol. The minimum absolute atomic E-state index is 0.169. The molecule has 0 spiro atoms. The maximum Gasteiger partial charge on any atom is 0.172 e. The minimum Gasteiger partial charge on any atom is -0.293 e. The summed E-state index contributed by atoms with van der Waals surface area (Å²) in [6.07, 6.45) is 1.42. The van der Waals surface area contributed by atoms with Gasteiger partial charge in [0.05, 0.1) is 4.88 Å². The van der Waals surface area contributed by atoms with Crippen LogP contribution in [0.15, 0.2) is 30.3 Å². The second kappa shape index (κ2) is 5.44. The van der Waals surface area contributed by atoms with E-state index in [-0.39, 0.29) is 11.6 Å². The van der Waals surface area contributed by atoms with Crippen LogP contribution in [0.4, 0.5) is 4.39 Å². The zero-order valence-corrected chi connectivity index (χ0v) is 11.3. The van der Waals surface area contributed by atoms with Crippen LogP contribution in [0, 0.1) is 12.7 Å². The van der Waals surface area contributed by atoms with Gasteiger partial charge in [-0.1, -0.05) is 13.0 Å². The van der Waals surface area contributed by atoms with Crippen molar-refractivity contribution in [3.05, 3.63) is 46.6 Å². The summed E-state index contributed by atoms with van der Waals surface area (Å²) in [6.45, 7) is 3.94. The van der Waals surface area contributed by atoms with Crippen molar-refractivity contribution in [1.82, 2.24) is 0 Å². The van der Waals surface area contributed by atoms with Crippen molar-refractivity contribution in [2.75, 3.05) is 0 Å². The average molecular weight is 262 g/mol. The summed E-state index contributed by atoms with van der Waals surface area (Å²) in [5.74, 6) is -0.0757. The van der Waals surface area contributed by atoms with E-state index in [0.717, 1.165) is 27.3 Å². The molecule has 0 aliphatic carbocycles. The molecular formula is C15H15FOS. The van der Waals surface area contributed by atoms with Crippen molar-refractivity contribution in [2.24, 2.45) is 0 Å². The van der Waals surface area contributed by atoms with Crippen LogP contribution in [0.3, 0.4) is 0 Å². The number of carbonyl (C=O) groups excluding carboxylic acids is 1. The molecule has 3 heteroatoms. The molecule has 0 fully saturated rings. The van der Waals surface area contributed by atoms with Gasteiger partial charge in [0.1, 0.15) is 5.82 Å². The second-order valence-electron chi connectivity index (χ2n) is 4.30. The maximum atomic E-state index is 13.3. The summed E-state index contributed by atoms with van der Waals surface area (Å²) < 4.78 is 13.3. The smallest absolute Gasteiger partial charge is 0.172 e. The van der Waals surface area contributed by atoms with Gasteiger partial charge in [-0.15, -0.1) is 11.3 Å². The van der Waals surface area contributed by atoms with Crippen LogP contribution < -0.4 is 0 Å². The standard InChI is InChI=1S/C15H15FOS/c1-3-4-13(17)15-8-7-14(18-15)12-9-11(16)6-5-10(12)2/h5-9H,3-4H2,1-2H3. The molecule has 0 atom stereocenters. The molecular weight excluding hydrogens is 247 g/mol. The predicted octanol–water partition coefficient (Wildman–Crippen LogP) is 4.85. The second-order valence-corrected chi connectivity index (χ2v) is 5.38. The van der Waals surface area contributed by atoms with E-state index >= 15 is 0 Å². The molecule has 1 heterocycles. The number of hydrogen-bond acceptors (Lipinski definition) is 2. The molecule has 0 bridgehead atoms. The zero-order chi connectivity index (χ0) is 13.1. The first kappa shape index (κ1) is 13.0. The van der Waals surface area contributed by atoms with Gasteiger partial charge in [0.2, 0.25) is 0 Å². The molecule has 0 aliphatic heterocycles. The van der Waals surface area contributed by atoms with Crippen LogP contribution in [0.25, 0.3) is 10.4 Å². The van der Waals surface area contributed by atoms with Gasteiger partial charge in [-0.2, -0.15) is 0 Å². The lowest BCUT2D eigenvalue weighted by Crippen LogP contribution is -1.93. The van der Waals surface area contributed by atoms with Crippen molar-refractivity contribution in [3.63, 3.8) is 0 Å². The number of carbonyl (C=O) groups is 1. The lowest BCUT2D eigenvalue weighted by molar-refractivity contribution is 0.0985. The van der Waals surface area contributed by atoms with E-state index in [0.29, 0.717) is 6.42 Å². The molecule has 0 unspecified atom stereocenters. The summed E-state index contributed by atoms with van der Waals surface area (Å²) in [4.78, 5) is 13.5. The highest BCUT2D eigenvalue weighted by molar-refractivity contribution is 7.17. The summed E-state index contributed by atoms with van der Waals surface area (Å²) in [5, 5.41) is 0.